The predicted molar refractivity (Wildman–Crippen MR) is 131 cm³/mol. The third-order valence-corrected chi connectivity index (χ3v) is 5.39. The summed E-state index contributed by atoms with van der Waals surface area (Å²) in [6.45, 7) is 3.40. The number of halogens is 6. The van der Waals surface area contributed by atoms with Crippen LogP contribution in [0.5, 0.6) is 11.5 Å². The molecule has 2 N–H and O–H groups in total. The Labute approximate surface area is 227 Å². The lowest BCUT2D eigenvalue weighted by Gasteiger charge is -2.26. The Balaban J connectivity index is 0.000000276. The summed E-state index contributed by atoms with van der Waals surface area (Å²) in [6.07, 6.45) is -6.78. The van der Waals surface area contributed by atoms with Crippen LogP contribution in [-0.4, -0.2) is 55.6 Å². The molecule has 15 heteroatoms. The second kappa shape index (κ2) is 12.6. The van der Waals surface area contributed by atoms with Crippen molar-refractivity contribution in [2.75, 3.05) is 6.61 Å². The van der Waals surface area contributed by atoms with Crippen molar-refractivity contribution in [3.8, 4) is 22.6 Å². The second-order valence-electron chi connectivity index (χ2n) is 8.12. The highest BCUT2D eigenvalue weighted by molar-refractivity contribution is 5.82. The number of para-hydroxylation sites is 2. The number of hydrogen-bond donors (Lipinski definition) is 2. The van der Waals surface area contributed by atoms with Crippen LogP contribution < -0.4 is 9.47 Å². The molecule has 41 heavy (non-hydrogen) atoms. The van der Waals surface area contributed by atoms with E-state index in [4.69, 9.17) is 34.3 Å². The van der Waals surface area contributed by atoms with Crippen LogP contribution >= 0.6 is 0 Å². The molecule has 0 spiro atoms. The zero-order valence-corrected chi connectivity index (χ0v) is 21.0. The monoisotopic (exact) mass is 585 g/mol. The normalized spacial score (nSPS) is 14.3. The van der Waals surface area contributed by atoms with Crippen LogP contribution in [0.2, 0.25) is 0 Å². The molecular weight excluding hydrogens is 564 g/mol. The van der Waals surface area contributed by atoms with Crippen molar-refractivity contribution in [3.05, 3.63) is 72.8 Å². The summed E-state index contributed by atoms with van der Waals surface area (Å²) in [6, 6.07) is 18.2. The molecule has 0 bridgehead atoms. The van der Waals surface area contributed by atoms with E-state index in [1.54, 1.807) is 12.4 Å². The van der Waals surface area contributed by atoms with Crippen LogP contribution in [0.25, 0.3) is 22.2 Å². The number of nitrogens with zero attached hydrogens (tertiary/aromatic N) is 3. The van der Waals surface area contributed by atoms with E-state index in [9.17, 15) is 26.3 Å². The van der Waals surface area contributed by atoms with Crippen molar-refractivity contribution in [2.45, 2.75) is 31.9 Å². The van der Waals surface area contributed by atoms with Gasteiger partial charge in [0.15, 0.2) is 23.4 Å². The van der Waals surface area contributed by atoms with Crippen molar-refractivity contribution in [1.82, 2.24) is 14.5 Å². The van der Waals surface area contributed by atoms with E-state index < -0.39 is 24.3 Å². The number of pyridine rings is 1. The molecule has 0 saturated heterocycles. The zero-order chi connectivity index (χ0) is 30.4. The van der Waals surface area contributed by atoms with Crippen LogP contribution in [0.3, 0.4) is 0 Å². The number of benzene rings is 2. The number of carboxylic acid groups (broad SMARTS) is 2. The lowest BCUT2D eigenvalue weighted by molar-refractivity contribution is -0.193. The van der Waals surface area contributed by atoms with Gasteiger partial charge in [0, 0.05) is 18.9 Å². The number of aliphatic carboxylic acids is 2. The molecule has 0 radical (unpaired) electrons. The maximum Gasteiger partial charge on any atom is 0.490 e. The van der Waals surface area contributed by atoms with Gasteiger partial charge in [-0.05, 0) is 54.4 Å². The molecule has 2 aromatic carbocycles. The number of fused-ring (bicyclic) bond motifs is 2. The number of aryl methyl sites for hydroxylation is 1. The molecule has 0 amide bonds. The fourth-order valence-electron chi connectivity index (χ4n) is 3.60. The summed E-state index contributed by atoms with van der Waals surface area (Å²) >= 11 is 0. The van der Waals surface area contributed by atoms with Crippen molar-refractivity contribution in [1.29, 1.82) is 0 Å². The lowest BCUT2D eigenvalue weighted by atomic mass is 10.1. The Morgan fingerprint density at radius 3 is 2.00 bits per heavy atom. The summed E-state index contributed by atoms with van der Waals surface area (Å²) in [5.74, 6) is -3.07. The molecule has 3 heterocycles. The molecule has 1 unspecified atom stereocenters. The average Bonchev–Trinajstić information content (AvgIpc) is 3.31. The number of carbonyl (C=O) groups is 2. The molecule has 4 aromatic rings. The Bertz CT molecular complexity index is 1480. The van der Waals surface area contributed by atoms with Crippen molar-refractivity contribution in [2.24, 2.45) is 0 Å². The Morgan fingerprint density at radius 1 is 0.902 bits per heavy atom. The van der Waals surface area contributed by atoms with Gasteiger partial charge in [-0.3, -0.25) is 4.98 Å². The van der Waals surface area contributed by atoms with Crippen LogP contribution in [0, 0.1) is 0 Å². The molecule has 0 aliphatic carbocycles. The smallest absolute Gasteiger partial charge is 0.485 e. The Kier molecular flexibility index (Phi) is 9.42. The molecule has 1 aliphatic heterocycles. The third-order valence-electron chi connectivity index (χ3n) is 5.39. The van der Waals surface area contributed by atoms with E-state index in [-0.39, 0.29) is 6.10 Å². The minimum Gasteiger partial charge on any atom is -0.485 e. The minimum atomic E-state index is -5.08. The van der Waals surface area contributed by atoms with E-state index in [2.05, 4.69) is 34.7 Å². The number of aromatic nitrogens is 3. The number of hydrogen-bond acceptors (Lipinski definition) is 6. The third kappa shape index (κ3) is 7.86. The van der Waals surface area contributed by atoms with Crippen molar-refractivity contribution < 1.29 is 55.6 Å². The largest absolute Gasteiger partial charge is 0.490 e. The molecule has 1 aliphatic rings. The maximum atomic E-state index is 10.6. The highest BCUT2D eigenvalue weighted by Crippen LogP contribution is 2.37. The summed E-state index contributed by atoms with van der Waals surface area (Å²) in [4.78, 5) is 26.8. The first kappa shape index (κ1) is 30.7. The quantitative estimate of drug-likeness (QED) is 0.285. The van der Waals surface area contributed by atoms with E-state index in [0.29, 0.717) is 6.61 Å². The lowest BCUT2D eigenvalue weighted by Crippen LogP contribution is -2.24. The van der Waals surface area contributed by atoms with Gasteiger partial charge in [0.05, 0.1) is 11.0 Å². The van der Waals surface area contributed by atoms with Crippen LogP contribution in [0.4, 0.5) is 26.3 Å². The first-order valence-corrected chi connectivity index (χ1v) is 11.6. The van der Waals surface area contributed by atoms with Gasteiger partial charge in [0.2, 0.25) is 0 Å². The molecule has 1 atom stereocenters. The number of rotatable bonds is 3. The maximum absolute atomic E-state index is 10.6. The van der Waals surface area contributed by atoms with Gasteiger partial charge in [0.25, 0.3) is 0 Å². The minimum absolute atomic E-state index is 0.225. The van der Waals surface area contributed by atoms with Gasteiger partial charge in [0.1, 0.15) is 6.61 Å². The number of carboxylic acids is 2. The van der Waals surface area contributed by atoms with Gasteiger partial charge in [-0.1, -0.05) is 18.2 Å². The number of alkyl halides is 6. The van der Waals surface area contributed by atoms with Crippen LogP contribution in [0.15, 0.2) is 67.0 Å². The molecule has 2 aromatic heterocycles. The zero-order valence-electron chi connectivity index (χ0n) is 21.0. The highest BCUT2D eigenvalue weighted by atomic mass is 19.4. The van der Waals surface area contributed by atoms with Crippen LogP contribution in [0.1, 0.15) is 18.9 Å². The summed E-state index contributed by atoms with van der Waals surface area (Å²) in [5.41, 5.74) is 4.32. The standard InChI is InChI=1S/C22H19N3O2.2C2HF3O2/c1-2-25-18-8-7-16(15-9-11-23-12-10-15)13-17(18)24-22(25)21-14-26-19-5-3-4-6-20(19)27-21;2*3-2(4,5)1(6)7/h3-13,21H,2,14H2,1H3;2*(H,6,7). The topological polar surface area (TPSA) is 124 Å². The first-order valence-electron chi connectivity index (χ1n) is 11.6. The van der Waals surface area contributed by atoms with Crippen LogP contribution in [-0.2, 0) is 16.1 Å². The predicted octanol–water partition coefficient (Wildman–Crippen LogP) is 5.90. The second-order valence-corrected chi connectivity index (χ2v) is 8.12. The summed E-state index contributed by atoms with van der Waals surface area (Å²) < 4.78 is 77.8. The van der Waals surface area contributed by atoms with Crippen molar-refractivity contribution >= 4 is 23.0 Å². The first-order chi connectivity index (χ1) is 19.2. The van der Waals surface area contributed by atoms with E-state index >= 15 is 0 Å². The fourth-order valence-corrected chi connectivity index (χ4v) is 3.60. The highest BCUT2D eigenvalue weighted by Gasteiger charge is 2.39. The van der Waals surface area contributed by atoms with E-state index in [1.807, 2.05) is 36.4 Å². The molecule has 218 valence electrons. The Morgan fingerprint density at radius 2 is 1.46 bits per heavy atom. The van der Waals surface area contributed by atoms with Gasteiger partial charge in [-0.2, -0.15) is 26.3 Å². The molecule has 0 fully saturated rings. The molecule has 0 saturated carbocycles. The molecular formula is C26H21F6N3O6. The van der Waals surface area contributed by atoms with Crippen molar-refractivity contribution in [3.63, 3.8) is 0 Å². The SMILES string of the molecule is CCn1c(C2COc3ccccc3O2)nc2cc(-c3ccncc3)ccc21.O=C(O)C(F)(F)F.O=C(O)C(F)(F)F. The van der Waals surface area contributed by atoms with Gasteiger partial charge < -0.3 is 24.3 Å². The summed E-state index contributed by atoms with van der Waals surface area (Å²) in [5, 5.41) is 14.2. The summed E-state index contributed by atoms with van der Waals surface area (Å²) in [7, 11) is 0. The van der Waals surface area contributed by atoms with E-state index in [0.717, 1.165) is 46.0 Å². The number of ether oxygens (including phenoxy) is 2. The molecule has 9 nitrogen and oxygen atoms in total. The van der Waals surface area contributed by atoms with E-state index in [1.165, 1.54) is 0 Å². The van der Waals surface area contributed by atoms with Gasteiger partial charge in [-0.25, -0.2) is 14.6 Å². The fraction of sp³-hybridized carbons (Fsp3) is 0.231. The Hall–Kier alpha value is -4.82. The molecule has 5 rings (SSSR count). The average molecular weight is 585 g/mol. The number of imidazole rings is 1. The van der Waals surface area contributed by atoms with Gasteiger partial charge in [-0.15, -0.1) is 0 Å². The van der Waals surface area contributed by atoms with Gasteiger partial charge >= 0.3 is 24.3 Å².